The zero-order valence-corrected chi connectivity index (χ0v) is 15.8. The molecule has 0 saturated carbocycles. The van der Waals surface area contributed by atoms with E-state index >= 15 is 0 Å². The lowest BCUT2D eigenvalue weighted by atomic mass is 10.0. The molecule has 0 spiro atoms. The molecule has 0 bridgehead atoms. The molecule has 0 radical (unpaired) electrons. The molecule has 1 N–H and O–H groups in total. The van der Waals surface area contributed by atoms with Gasteiger partial charge in [-0.3, -0.25) is 4.90 Å². The molecule has 7 heteroatoms. The van der Waals surface area contributed by atoms with E-state index in [4.69, 9.17) is 20.9 Å². The number of benzene rings is 2. The molecule has 6 nitrogen and oxygen atoms in total. The van der Waals surface area contributed by atoms with Gasteiger partial charge < -0.3 is 14.6 Å². The lowest BCUT2D eigenvalue weighted by molar-refractivity contribution is 0.133. The van der Waals surface area contributed by atoms with Crippen molar-refractivity contribution in [3.05, 3.63) is 65.0 Å². The van der Waals surface area contributed by atoms with Crippen molar-refractivity contribution in [3.63, 3.8) is 0 Å². The largest absolute Gasteiger partial charge is 0.496 e. The molecule has 1 atom stereocenters. The van der Waals surface area contributed by atoms with Crippen molar-refractivity contribution < 1.29 is 9.26 Å². The van der Waals surface area contributed by atoms with Crippen molar-refractivity contribution >= 4 is 11.6 Å². The van der Waals surface area contributed by atoms with Crippen LogP contribution in [0.2, 0.25) is 5.02 Å². The number of para-hydroxylation sites is 1. The zero-order valence-electron chi connectivity index (χ0n) is 15.1. The van der Waals surface area contributed by atoms with Gasteiger partial charge in [-0.1, -0.05) is 47.1 Å². The van der Waals surface area contributed by atoms with Gasteiger partial charge >= 0.3 is 0 Å². The maximum Gasteiger partial charge on any atom is 0.241 e. The molecule has 140 valence electrons. The van der Waals surface area contributed by atoms with E-state index in [9.17, 15) is 0 Å². The third-order valence-corrected chi connectivity index (χ3v) is 4.98. The third kappa shape index (κ3) is 3.98. The predicted molar refractivity (Wildman–Crippen MR) is 104 cm³/mol. The smallest absolute Gasteiger partial charge is 0.241 e. The van der Waals surface area contributed by atoms with E-state index in [1.165, 1.54) is 0 Å². The Hall–Kier alpha value is -2.41. The minimum atomic E-state index is 0.177. The van der Waals surface area contributed by atoms with Crippen LogP contribution in [-0.2, 0) is 6.54 Å². The van der Waals surface area contributed by atoms with Crippen LogP contribution >= 0.6 is 11.6 Å². The summed E-state index contributed by atoms with van der Waals surface area (Å²) in [7, 11) is 1.70. The summed E-state index contributed by atoms with van der Waals surface area (Å²) in [4.78, 5) is 6.89. The zero-order chi connectivity index (χ0) is 18.6. The number of aromatic nitrogens is 2. The quantitative estimate of drug-likeness (QED) is 0.725. The van der Waals surface area contributed by atoms with Crippen LogP contribution in [0.4, 0.5) is 0 Å². The lowest BCUT2D eigenvalue weighted by Gasteiger charge is -2.36. The summed E-state index contributed by atoms with van der Waals surface area (Å²) in [5.74, 6) is 2.03. The second-order valence-electron chi connectivity index (χ2n) is 6.45. The molecule has 27 heavy (non-hydrogen) atoms. The van der Waals surface area contributed by atoms with E-state index in [2.05, 4.69) is 26.4 Å². The fourth-order valence-electron chi connectivity index (χ4n) is 3.42. The summed E-state index contributed by atoms with van der Waals surface area (Å²) in [6.07, 6.45) is 0. The van der Waals surface area contributed by atoms with Gasteiger partial charge in [-0.25, -0.2) is 0 Å². The van der Waals surface area contributed by atoms with E-state index in [0.717, 1.165) is 36.5 Å². The van der Waals surface area contributed by atoms with Gasteiger partial charge in [0.1, 0.15) is 5.75 Å². The Bertz CT molecular complexity index is 914. The fraction of sp³-hybridized carbons (Fsp3) is 0.300. The van der Waals surface area contributed by atoms with Gasteiger partial charge in [-0.15, -0.1) is 0 Å². The predicted octanol–water partition coefficient (Wildman–Crippen LogP) is 3.55. The average Bonchev–Trinajstić information content (AvgIpc) is 3.17. The number of nitrogens with zero attached hydrogens (tertiary/aromatic N) is 3. The number of piperazine rings is 1. The molecular formula is C20H21ClN4O2. The highest BCUT2D eigenvalue weighted by Gasteiger charge is 2.27. The summed E-state index contributed by atoms with van der Waals surface area (Å²) in [6.45, 7) is 3.23. The lowest BCUT2D eigenvalue weighted by Crippen LogP contribution is -2.45. The SMILES string of the molecule is COc1ccccc1C1CNCCN1Cc1nc(-c2cccc(Cl)c2)no1. The number of nitrogens with one attached hydrogen (secondary N) is 1. The molecule has 1 aliphatic heterocycles. The molecule has 1 aromatic heterocycles. The molecule has 2 heterocycles. The van der Waals surface area contributed by atoms with Crippen LogP contribution in [0.3, 0.4) is 0 Å². The molecule has 1 aliphatic rings. The van der Waals surface area contributed by atoms with Crippen LogP contribution in [0.1, 0.15) is 17.5 Å². The van der Waals surface area contributed by atoms with Crippen molar-refractivity contribution in [2.75, 3.05) is 26.7 Å². The highest BCUT2D eigenvalue weighted by Crippen LogP contribution is 2.31. The van der Waals surface area contributed by atoms with Crippen LogP contribution in [0.5, 0.6) is 5.75 Å². The average molecular weight is 385 g/mol. The van der Waals surface area contributed by atoms with Crippen molar-refractivity contribution in [1.82, 2.24) is 20.4 Å². The van der Waals surface area contributed by atoms with Crippen LogP contribution in [0.15, 0.2) is 53.1 Å². The minimum Gasteiger partial charge on any atom is -0.496 e. The molecule has 2 aromatic carbocycles. The molecule has 3 aromatic rings. The molecule has 0 aliphatic carbocycles. The van der Waals surface area contributed by atoms with Crippen LogP contribution in [0, 0.1) is 0 Å². The van der Waals surface area contributed by atoms with E-state index in [-0.39, 0.29) is 6.04 Å². The summed E-state index contributed by atoms with van der Waals surface area (Å²) < 4.78 is 11.1. The summed E-state index contributed by atoms with van der Waals surface area (Å²) in [5.41, 5.74) is 2.00. The Morgan fingerprint density at radius 3 is 3.00 bits per heavy atom. The molecule has 1 fully saturated rings. The van der Waals surface area contributed by atoms with E-state index in [0.29, 0.717) is 23.3 Å². The van der Waals surface area contributed by atoms with Gasteiger partial charge in [0.05, 0.1) is 19.7 Å². The van der Waals surface area contributed by atoms with E-state index < -0.39 is 0 Å². The summed E-state index contributed by atoms with van der Waals surface area (Å²) in [6, 6.07) is 15.7. The first kappa shape index (κ1) is 18.0. The van der Waals surface area contributed by atoms with Crippen LogP contribution in [0.25, 0.3) is 11.4 Å². The topological polar surface area (TPSA) is 63.4 Å². The molecule has 0 amide bonds. The van der Waals surface area contributed by atoms with Crippen molar-refractivity contribution in [3.8, 4) is 17.1 Å². The second kappa shape index (κ2) is 8.08. The maximum atomic E-state index is 6.06. The molecule has 1 unspecified atom stereocenters. The number of rotatable bonds is 5. The molecule has 1 saturated heterocycles. The normalized spacial score (nSPS) is 17.8. The molecule has 4 rings (SSSR count). The Labute approximate surface area is 163 Å². The first-order valence-electron chi connectivity index (χ1n) is 8.91. The van der Waals surface area contributed by atoms with Crippen molar-refractivity contribution in [1.29, 1.82) is 0 Å². The highest BCUT2D eigenvalue weighted by atomic mass is 35.5. The van der Waals surface area contributed by atoms with Crippen molar-refractivity contribution in [2.24, 2.45) is 0 Å². The van der Waals surface area contributed by atoms with E-state index in [1.54, 1.807) is 7.11 Å². The second-order valence-corrected chi connectivity index (χ2v) is 6.89. The Morgan fingerprint density at radius 1 is 1.26 bits per heavy atom. The Kier molecular flexibility index (Phi) is 5.38. The molecular weight excluding hydrogens is 364 g/mol. The van der Waals surface area contributed by atoms with Crippen LogP contribution in [-0.4, -0.2) is 41.8 Å². The Morgan fingerprint density at radius 2 is 2.15 bits per heavy atom. The maximum absolute atomic E-state index is 6.06. The first-order valence-corrected chi connectivity index (χ1v) is 9.28. The van der Waals surface area contributed by atoms with Gasteiger partial charge in [-0.05, 0) is 18.2 Å². The van der Waals surface area contributed by atoms with Gasteiger partial charge in [0.2, 0.25) is 11.7 Å². The Balaban J connectivity index is 1.55. The fourth-order valence-corrected chi connectivity index (χ4v) is 3.61. The third-order valence-electron chi connectivity index (χ3n) is 4.74. The van der Waals surface area contributed by atoms with E-state index in [1.807, 2.05) is 42.5 Å². The number of methoxy groups -OCH3 is 1. The summed E-state index contributed by atoms with van der Waals surface area (Å²) in [5, 5.41) is 8.22. The monoisotopic (exact) mass is 384 g/mol. The van der Waals surface area contributed by atoms with Gasteiger partial charge in [0.15, 0.2) is 0 Å². The van der Waals surface area contributed by atoms with Gasteiger partial charge in [-0.2, -0.15) is 4.98 Å². The number of hydrogen-bond acceptors (Lipinski definition) is 6. The van der Waals surface area contributed by atoms with Gasteiger partial charge in [0.25, 0.3) is 0 Å². The highest BCUT2D eigenvalue weighted by molar-refractivity contribution is 6.30. The number of ether oxygens (including phenoxy) is 1. The number of hydrogen-bond donors (Lipinski definition) is 1. The summed E-state index contributed by atoms with van der Waals surface area (Å²) >= 11 is 6.06. The number of halogens is 1. The minimum absolute atomic E-state index is 0.177. The van der Waals surface area contributed by atoms with Crippen LogP contribution < -0.4 is 10.1 Å². The standard InChI is InChI=1S/C20H21ClN4O2/c1-26-18-8-3-2-7-16(18)17-12-22-9-10-25(17)13-19-23-20(24-27-19)14-5-4-6-15(21)11-14/h2-8,11,17,22H,9-10,12-13H2,1H3. The van der Waals surface area contributed by atoms with Gasteiger partial charge in [0, 0.05) is 35.8 Å². The van der Waals surface area contributed by atoms with Crippen molar-refractivity contribution in [2.45, 2.75) is 12.6 Å². The first-order chi connectivity index (χ1) is 13.2.